The summed E-state index contributed by atoms with van der Waals surface area (Å²) in [7, 11) is 1.20. The summed E-state index contributed by atoms with van der Waals surface area (Å²) in [6, 6.07) is 5.64. The molecule has 0 radical (unpaired) electrons. The quantitative estimate of drug-likeness (QED) is 0.446. The van der Waals surface area contributed by atoms with Crippen molar-refractivity contribution in [2.45, 2.75) is 26.7 Å². The van der Waals surface area contributed by atoms with Gasteiger partial charge in [-0.1, -0.05) is 12.1 Å². The minimum Gasteiger partial charge on any atom is -0.466 e. The van der Waals surface area contributed by atoms with E-state index < -0.39 is 29.4 Å². The number of non-ortho nitro benzene ring substituents is 1. The molecule has 28 heavy (non-hydrogen) atoms. The zero-order valence-electron chi connectivity index (χ0n) is 15.9. The number of hydrogen-bond acceptors (Lipinski definition) is 8. The fraction of sp³-hybridized carbons (Fsp3) is 0.316. The Hall–Kier alpha value is -3.49. The van der Waals surface area contributed by atoms with Gasteiger partial charge >= 0.3 is 11.9 Å². The number of nitro benzene ring substituents is 1. The molecule has 0 aliphatic carbocycles. The van der Waals surface area contributed by atoms with Crippen molar-refractivity contribution < 1.29 is 28.8 Å². The average Bonchev–Trinajstić information content (AvgIpc) is 2.65. The van der Waals surface area contributed by atoms with Gasteiger partial charge in [0.05, 0.1) is 29.1 Å². The summed E-state index contributed by atoms with van der Waals surface area (Å²) in [4.78, 5) is 46.9. The third kappa shape index (κ3) is 4.25. The van der Waals surface area contributed by atoms with E-state index in [9.17, 15) is 24.5 Å². The number of rotatable bonds is 6. The Morgan fingerprint density at radius 2 is 1.75 bits per heavy atom. The van der Waals surface area contributed by atoms with E-state index in [0.29, 0.717) is 17.0 Å². The van der Waals surface area contributed by atoms with Gasteiger partial charge in [-0.2, -0.15) is 0 Å². The second-order valence-electron chi connectivity index (χ2n) is 6.26. The van der Waals surface area contributed by atoms with E-state index in [1.54, 1.807) is 19.9 Å². The second kappa shape index (κ2) is 8.47. The lowest BCUT2D eigenvalue weighted by atomic mass is 9.80. The summed E-state index contributed by atoms with van der Waals surface area (Å²) in [5, 5.41) is 14.1. The number of Topliss-reactive ketones (excluding diaryl/α,β-unsaturated/α-hetero) is 1. The number of dihydropyridines is 1. The molecule has 0 bridgehead atoms. The van der Waals surface area contributed by atoms with E-state index >= 15 is 0 Å². The van der Waals surface area contributed by atoms with Gasteiger partial charge in [0.25, 0.3) is 5.69 Å². The first-order valence-corrected chi connectivity index (χ1v) is 8.35. The largest absolute Gasteiger partial charge is 0.466 e. The van der Waals surface area contributed by atoms with Gasteiger partial charge in [0, 0.05) is 23.5 Å². The molecule has 0 fully saturated rings. The molecule has 1 aromatic rings. The van der Waals surface area contributed by atoms with Gasteiger partial charge < -0.3 is 14.8 Å². The molecule has 1 N–H and O–H groups in total. The van der Waals surface area contributed by atoms with Gasteiger partial charge in [-0.15, -0.1) is 0 Å². The van der Waals surface area contributed by atoms with Gasteiger partial charge in [0.1, 0.15) is 6.61 Å². The SMILES string of the molecule is COC(=O)C1=C(C)NC(C)=C(C(=O)OCC(C)=O)C1c1cccc([N+](=O)[O-])c1. The number of ether oxygens (including phenoxy) is 2. The van der Waals surface area contributed by atoms with Gasteiger partial charge in [0.15, 0.2) is 5.78 Å². The van der Waals surface area contributed by atoms with Crippen LogP contribution in [0.25, 0.3) is 0 Å². The van der Waals surface area contributed by atoms with Crippen LogP contribution in [-0.2, 0) is 23.9 Å². The predicted octanol–water partition coefficient (Wildman–Crippen LogP) is 2.13. The fourth-order valence-electron chi connectivity index (χ4n) is 3.04. The molecule has 1 heterocycles. The minimum absolute atomic E-state index is 0.0766. The highest BCUT2D eigenvalue weighted by Gasteiger charge is 2.38. The van der Waals surface area contributed by atoms with Crippen molar-refractivity contribution in [3.63, 3.8) is 0 Å². The molecule has 2 rings (SSSR count). The van der Waals surface area contributed by atoms with Crippen molar-refractivity contribution in [1.29, 1.82) is 0 Å². The number of esters is 2. The molecular weight excluding hydrogens is 368 g/mol. The molecule has 0 saturated carbocycles. The van der Waals surface area contributed by atoms with Gasteiger partial charge in [-0.3, -0.25) is 14.9 Å². The van der Waals surface area contributed by atoms with Crippen LogP contribution in [0.2, 0.25) is 0 Å². The van der Waals surface area contributed by atoms with Crippen molar-refractivity contribution in [3.8, 4) is 0 Å². The van der Waals surface area contributed by atoms with E-state index in [1.807, 2.05) is 0 Å². The van der Waals surface area contributed by atoms with Crippen LogP contribution in [0, 0.1) is 10.1 Å². The molecule has 1 unspecified atom stereocenters. The molecular formula is C19H20N2O7. The minimum atomic E-state index is -0.951. The molecule has 148 valence electrons. The molecule has 9 heteroatoms. The number of allylic oxidation sites excluding steroid dienone is 2. The number of nitrogens with one attached hydrogen (secondary N) is 1. The van der Waals surface area contributed by atoms with Crippen molar-refractivity contribution in [1.82, 2.24) is 5.32 Å². The van der Waals surface area contributed by atoms with Crippen LogP contribution < -0.4 is 5.32 Å². The topological polar surface area (TPSA) is 125 Å². The Bertz CT molecular complexity index is 915. The maximum Gasteiger partial charge on any atom is 0.337 e. The van der Waals surface area contributed by atoms with Crippen molar-refractivity contribution in [2.75, 3.05) is 13.7 Å². The van der Waals surface area contributed by atoms with Gasteiger partial charge in [0.2, 0.25) is 0 Å². The van der Waals surface area contributed by atoms with Crippen LogP contribution in [0.3, 0.4) is 0 Å². The van der Waals surface area contributed by atoms with E-state index in [0.717, 1.165) is 0 Å². The number of hydrogen-bond donors (Lipinski definition) is 1. The Morgan fingerprint density at radius 3 is 2.29 bits per heavy atom. The normalized spacial score (nSPS) is 16.4. The Balaban J connectivity index is 2.64. The standard InChI is InChI=1S/C19H20N2O7/c1-10(22)9-28-19(24)16-12(3)20-11(2)15(18(23)27-4)17(16)13-6-5-7-14(8-13)21(25)26/h5-8,17,20H,9H2,1-4H3. The number of methoxy groups -OCH3 is 1. The maximum absolute atomic E-state index is 12.7. The molecule has 1 aromatic carbocycles. The third-order valence-corrected chi connectivity index (χ3v) is 4.21. The summed E-state index contributed by atoms with van der Waals surface area (Å²) in [5.74, 6) is -2.79. The molecule has 0 amide bonds. The van der Waals surface area contributed by atoms with Crippen molar-refractivity contribution >= 4 is 23.4 Å². The fourth-order valence-corrected chi connectivity index (χ4v) is 3.04. The first-order chi connectivity index (χ1) is 13.2. The lowest BCUT2D eigenvalue weighted by Crippen LogP contribution is -2.32. The molecule has 0 saturated heterocycles. The number of ketones is 1. The van der Waals surface area contributed by atoms with Crippen LogP contribution in [0.5, 0.6) is 0 Å². The first-order valence-electron chi connectivity index (χ1n) is 8.35. The Morgan fingerprint density at radius 1 is 1.14 bits per heavy atom. The second-order valence-corrected chi connectivity index (χ2v) is 6.26. The van der Waals surface area contributed by atoms with Gasteiger partial charge in [-0.05, 0) is 26.3 Å². The van der Waals surface area contributed by atoms with E-state index in [1.165, 1.54) is 32.2 Å². The monoisotopic (exact) mass is 388 g/mol. The van der Waals surface area contributed by atoms with Crippen LogP contribution in [0.15, 0.2) is 46.8 Å². The van der Waals surface area contributed by atoms with E-state index in [2.05, 4.69) is 5.32 Å². The number of benzene rings is 1. The Labute approximate surface area is 161 Å². The maximum atomic E-state index is 12.7. The first kappa shape index (κ1) is 20.8. The van der Waals surface area contributed by atoms with Crippen molar-refractivity contribution in [3.05, 3.63) is 62.5 Å². The molecule has 0 spiro atoms. The number of nitro groups is 1. The highest BCUT2D eigenvalue weighted by Crippen LogP contribution is 2.40. The lowest BCUT2D eigenvalue weighted by molar-refractivity contribution is -0.384. The number of carbonyl (C=O) groups excluding carboxylic acids is 3. The summed E-state index contributed by atoms with van der Waals surface area (Å²) in [6.45, 7) is 4.10. The molecule has 1 atom stereocenters. The zero-order valence-corrected chi connectivity index (χ0v) is 15.9. The summed E-state index contributed by atoms with van der Waals surface area (Å²) in [6.07, 6.45) is 0. The highest BCUT2D eigenvalue weighted by molar-refractivity contribution is 6.00. The average molecular weight is 388 g/mol. The van der Waals surface area contributed by atoms with E-state index in [4.69, 9.17) is 9.47 Å². The van der Waals surface area contributed by atoms with Gasteiger partial charge in [-0.25, -0.2) is 9.59 Å². The van der Waals surface area contributed by atoms with Crippen molar-refractivity contribution in [2.24, 2.45) is 0 Å². The summed E-state index contributed by atoms with van der Waals surface area (Å²) >= 11 is 0. The third-order valence-electron chi connectivity index (χ3n) is 4.21. The van der Waals surface area contributed by atoms with E-state index in [-0.39, 0.29) is 22.6 Å². The lowest BCUT2D eigenvalue weighted by Gasteiger charge is -2.30. The number of carbonyl (C=O) groups is 3. The highest BCUT2D eigenvalue weighted by atomic mass is 16.6. The molecule has 1 aliphatic heterocycles. The van der Waals surface area contributed by atoms with Crippen LogP contribution in [0.1, 0.15) is 32.3 Å². The smallest absolute Gasteiger partial charge is 0.337 e. The summed E-state index contributed by atoms with van der Waals surface area (Å²) < 4.78 is 9.90. The van der Waals surface area contributed by atoms with Crippen LogP contribution in [-0.4, -0.2) is 36.4 Å². The molecule has 1 aliphatic rings. The summed E-state index contributed by atoms with van der Waals surface area (Å²) in [5.41, 5.74) is 1.23. The predicted molar refractivity (Wildman–Crippen MR) is 98.0 cm³/mol. The van der Waals surface area contributed by atoms with Crippen LogP contribution in [0.4, 0.5) is 5.69 Å². The number of nitrogens with zero attached hydrogens (tertiary/aromatic N) is 1. The Kier molecular flexibility index (Phi) is 6.29. The zero-order chi connectivity index (χ0) is 21.0. The molecule has 9 nitrogen and oxygen atoms in total. The van der Waals surface area contributed by atoms with Crippen LogP contribution >= 0.6 is 0 Å². The molecule has 0 aromatic heterocycles.